The van der Waals surface area contributed by atoms with Crippen molar-refractivity contribution in [2.45, 2.75) is 6.92 Å². The molecule has 0 aliphatic carbocycles. The maximum atomic E-state index is 5.20. The van der Waals surface area contributed by atoms with E-state index in [4.69, 9.17) is 4.42 Å². The molecule has 0 unspecified atom stereocenters. The average molecular weight is 187 g/mol. The van der Waals surface area contributed by atoms with Crippen LogP contribution in [0.25, 0.3) is 4.48 Å². The van der Waals surface area contributed by atoms with Crippen molar-refractivity contribution in [1.29, 1.82) is 0 Å². The molecule has 9 heavy (non-hydrogen) atoms. The predicted molar refractivity (Wildman–Crippen MR) is 41.4 cm³/mol. The normalized spacial score (nSPS) is 9.56. The molecule has 1 aromatic rings. The molecule has 0 aliphatic heterocycles. The van der Waals surface area contributed by atoms with E-state index in [1.54, 1.807) is 0 Å². The maximum Gasteiger partial charge on any atom is 0.140 e. The average Bonchev–Trinajstić information content (AvgIpc) is 2.14. The molecule has 0 fully saturated rings. The van der Waals surface area contributed by atoms with Crippen LogP contribution in [0, 0.1) is 6.92 Å². The summed E-state index contributed by atoms with van der Waals surface area (Å²) in [6.45, 7) is 5.56. The molecule has 0 atom stereocenters. The van der Waals surface area contributed by atoms with Gasteiger partial charge in [-0.3, -0.25) is 0 Å². The van der Waals surface area contributed by atoms with E-state index in [2.05, 4.69) is 22.5 Å². The minimum Gasteiger partial charge on any atom is -0.461 e. The topological polar surface area (TPSA) is 13.1 Å². The van der Waals surface area contributed by atoms with Crippen molar-refractivity contribution >= 4 is 20.4 Å². The van der Waals surface area contributed by atoms with Gasteiger partial charge in [-0.1, -0.05) is 6.58 Å². The number of furan rings is 1. The molecular weight excluding hydrogens is 180 g/mol. The molecule has 0 N–H and O–H groups in total. The van der Waals surface area contributed by atoms with Crippen LogP contribution in [0.2, 0.25) is 0 Å². The van der Waals surface area contributed by atoms with Crippen molar-refractivity contribution in [3.63, 3.8) is 0 Å². The highest BCUT2D eigenvalue weighted by Crippen LogP contribution is 2.20. The van der Waals surface area contributed by atoms with Gasteiger partial charge in [0.1, 0.15) is 11.5 Å². The predicted octanol–water partition coefficient (Wildman–Crippen LogP) is 2.95. The maximum absolute atomic E-state index is 5.20. The summed E-state index contributed by atoms with van der Waals surface area (Å²) in [6, 6.07) is 3.79. The summed E-state index contributed by atoms with van der Waals surface area (Å²) in [5.41, 5.74) is 0. The summed E-state index contributed by atoms with van der Waals surface area (Å²) in [4.78, 5) is 0. The largest absolute Gasteiger partial charge is 0.461 e. The van der Waals surface area contributed by atoms with Crippen molar-refractivity contribution < 1.29 is 4.42 Å². The number of halogens is 1. The van der Waals surface area contributed by atoms with Crippen LogP contribution >= 0.6 is 15.9 Å². The lowest BCUT2D eigenvalue weighted by Crippen LogP contribution is -1.62. The van der Waals surface area contributed by atoms with E-state index in [1.807, 2.05) is 19.1 Å². The lowest BCUT2D eigenvalue weighted by atomic mass is 10.4. The van der Waals surface area contributed by atoms with Crippen LogP contribution in [-0.2, 0) is 0 Å². The van der Waals surface area contributed by atoms with Gasteiger partial charge in [0, 0.05) is 0 Å². The van der Waals surface area contributed by atoms with E-state index in [9.17, 15) is 0 Å². The number of rotatable bonds is 1. The molecule has 0 saturated heterocycles. The molecule has 0 aliphatic rings. The van der Waals surface area contributed by atoms with E-state index in [-0.39, 0.29) is 0 Å². The quantitative estimate of drug-likeness (QED) is 0.658. The minimum atomic E-state index is 0.788. The minimum absolute atomic E-state index is 0.788. The van der Waals surface area contributed by atoms with Gasteiger partial charge in [-0.25, -0.2) is 0 Å². The van der Waals surface area contributed by atoms with Crippen molar-refractivity contribution in [3.05, 3.63) is 30.2 Å². The van der Waals surface area contributed by atoms with Crippen LogP contribution in [0.1, 0.15) is 11.5 Å². The summed E-state index contributed by atoms with van der Waals surface area (Å²) >= 11 is 3.21. The molecule has 1 heterocycles. The zero-order valence-electron chi connectivity index (χ0n) is 5.15. The van der Waals surface area contributed by atoms with Crippen molar-refractivity contribution in [3.8, 4) is 0 Å². The number of hydrogen-bond acceptors (Lipinski definition) is 1. The molecule has 1 nitrogen and oxygen atoms in total. The standard InChI is InChI=1S/C7H7BrO/c1-5-3-4-7(9-5)6(2)8/h3-4H,2H2,1H3. The van der Waals surface area contributed by atoms with E-state index >= 15 is 0 Å². The molecule has 0 spiro atoms. The fourth-order valence-electron chi connectivity index (χ4n) is 0.580. The second-order valence-corrected chi connectivity index (χ2v) is 2.77. The summed E-state index contributed by atoms with van der Waals surface area (Å²) < 4.78 is 5.99. The van der Waals surface area contributed by atoms with Gasteiger partial charge in [-0.05, 0) is 35.0 Å². The summed E-state index contributed by atoms with van der Waals surface area (Å²) in [7, 11) is 0. The third-order valence-corrected chi connectivity index (χ3v) is 1.40. The Morgan fingerprint density at radius 2 is 2.33 bits per heavy atom. The van der Waals surface area contributed by atoms with Crippen LogP contribution in [0.3, 0.4) is 0 Å². The molecule has 1 rings (SSSR count). The van der Waals surface area contributed by atoms with Gasteiger partial charge in [0.05, 0.1) is 4.48 Å². The van der Waals surface area contributed by atoms with Crippen LogP contribution in [0.15, 0.2) is 23.1 Å². The van der Waals surface area contributed by atoms with Crippen LogP contribution < -0.4 is 0 Å². The van der Waals surface area contributed by atoms with E-state index in [0.717, 1.165) is 16.0 Å². The Morgan fingerprint density at radius 1 is 1.67 bits per heavy atom. The second-order valence-electron chi connectivity index (χ2n) is 1.82. The lowest BCUT2D eigenvalue weighted by molar-refractivity contribution is 0.524. The van der Waals surface area contributed by atoms with Gasteiger partial charge in [0.2, 0.25) is 0 Å². The first-order chi connectivity index (χ1) is 4.20. The zero-order chi connectivity index (χ0) is 6.85. The smallest absolute Gasteiger partial charge is 0.140 e. The van der Waals surface area contributed by atoms with Gasteiger partial charge in [-0.15, -0.1) is 0 Å². The van der Waals surface area contributed by atoms with Crippen LogP contribution in [0.4, 0.5) is 0 Å². The van der Waals surface area contributed by atoms with Gasteiger partial charge in [-0.2, -0.15) is 0 Å². The third-order valence-electron chi connectivity index (χ3n) is 1.01. The van der Waals surface area contributed by atoms with Gasteiger partial charge in [0.15, 0.2) is 0 Å². The zero-order valence-corrected chi connectivity index (χ0v) is 6.73. The van der Waals surface area contributed by atoms with Crippen molar-refractivity contribution in [2.24, 2.45) is 0 Å². The lowest BCUT2D eigenvalue weighted by Gasteiger charge is -1.86. The van der Waals surface area contributed by atoms with Gasteiger partial charge >= 0.3 is 0 Å². The first kappa shape index (κ1) is 6.62. The molecule has 0 amide bonds. The number of hydrogen-bond donors (Lipinski definition) is 0. The summed E-state index contributed by atoms with van der Waals surface area (Å²) in [5, 5.41) is 0. The fourth-order valence-corrected chi connectivity index (χ4v) is 0.793. The molecule has 0 aromatic carbocycles. The first-order valence-electron chi connectivity index (χ1n) is 2.61. The highest BCUT2D eigenvalue weighted by Gasteiger charge is 1.97. The monoisotopic (exact) mass is 186 g/mol. The Kier molecular flexibility index (Phi) is 1.76. The molecule has 2 heteroatoms. The molecular formula is C7H7BrO. The molecule has 1 aromatic heterocycles. The van der Waals surface area contributed by atoms with E-state index in [1.165, 1.54) is 0 Å². The van der Waals surface area contributed by atoms with E-state index < -0.39 is 0 Å². The van der Waals surface area contributed by atoms with Gasteiger partial charge in [0.25, 0.3) is 0 Å². The number of aryl methyl sites for hydroxylation is 1. The Labute approximate surface area is 62.5 Å². The highest BCUT2D eigenvalue weighted by molar-refractivity contribution is 9.15. The summed E-state index contributed by atoms with van der Waals surface area (Å²) in [5.74, 6) is 1.71. The fraction of sp³-hybridized carbons (Fsp3) is 0.143. The first-order valence-corrected chi connectivity index (χ1v) is 3.40. The molecule has 48 valence electrons. The SMILES string of the molecule is C=C(Br)c1ccc(C)o1. The molecule has 0 radical (unpaired) electrons. The Bertz CT molecular complexity index is 225. The van der Waals surface area contributed by atoms with Crippen LogP contribution in [0.5, 0.6) is 0 Å². The summed E-state index contributed by atoms with van der Waals surface area (Å²) in [6.07, 6.45) is 0. The van der Waals surface area contributed by atoms with Crippen LogP contribution in [-0.4, -0.2) is 0 Å². The second kappa shape index (κ2) is 2.40. The third kappa shape index (κ3) is 1.45. The Morgan fingerprint density at radius 3 is 2.56 bits per heavy atom. The Balaban J connectivity index is 2.98. The molecule has 0 saturated carbocycles. The van der Waals surface area contributed by atoms with Crippen molar-refractivity contribution in [1.82, 2.24) is 0 Å². The Hall–Kier alpha value is -0.500. The van der Waals surface area contributed by atoms with E-state index in [0.29, 0.717) is 0 Å². The van der Waals surface area contributed by atoms with Gasteiger partial charge < -0.3 is 4.42 Å². The van der Waals surface area contributed by atoms with Crippen molar-refractivity contribution in [2.75, 3.05) is 0 Å². The molecule has 0 bridgehead atoms. The highest BCUT2D eigenvalue weighted by atomic mass is 79.9.